The molecule has 110 valence electrons. The quantitative estimate of drug-likeness (QED) is 0.381. The maximum atomic E-state index is 7.33. The summed E-state index contributed by atoms with van der Waals surface area (Å²) in [5.74, 6) is -2.07. The van der Waals surface area contributed by atoms with E-state index in [1.807, 2.05) is 0 Å². The van der Waals surface area contributed by atoms with Crippen LogP contribution in [0.25, 0.3) is 0 Å². The van der Waals surface area contributed by atoms with Gasteiger partial charge in [0.2, 0.25) is 0 Å². The van der Waals surface area contributed by atoms with E-state index >= 15 is 0 Å². The van der Waals surface area contributed by atoms with E-state index in [0.717, 1.165) is 12.7 Å². The Morgan fingerprint density at radius 1 is 1.06 bits per heavy atom. The van der Waals surface area contributed by atoms with E-state index in [9.17, 15) is 0 Å². The van der Waals surface area contributed by atoms with E-state index in [4.69, 9.17) is 11.2 Å². The summed E-state index contributed by atoms with van der Waals surface area (Å²) in [4.78, 5) is 2.27. The molecule has 0 aliphatic heterocycles. The number of allylic oxidation sites excluding steroid dienone is 1. The summed E-state index contributed by atoms with van der Waals surface area (Å²) < 4.78 is 0. The molecular formula is C15H33ClNP. The van der Waals surface area contributed by atoms with Gasteiger partial charge in [-0.05, 0) is 0 Å². The molecule has 0 aliphatic carbocycles. The third-order valence-corrected chi connectivity index (χ3v) is 11.1. The first-order chi connectivity index (χ1) is 8.40. The van der Waals surface area contributed by atoms with E-state index < -0.39 is 5.96 Å². The summed E-state index contributed by atoms with van der Waals surface area (Å²) in [6.45, 7) is 9.61. The molecule has 18 heavy (non-hydrogen) atoms. The van der Waals surface area contributed by atoms with Gasteiger partial charge in [-0.25, -0.2) is 0 Å². The Hall–Kier alpha value is 0.420. The molecular weight excluding hydrogens is 261 g/mol. The number of hydrogen-bond acceptors (Lipinski definition) is 1. The molecule has 0 radical (unpaired) electrons. The average Bonchev–Trinajstić information content (AvgIpc) is 2.33. The fraction of sp³-hybridized carbons (Fsp3) is 0.867. The van der Waals surface area contributed by atoms with Crippen molar-refractivity contribution in [1.82, 2.24) is 4.90 Å². The SMILES string of the molecule is C=CCP(Cl)(CCCC)(CCCC)CCN(C)C. The topological polar surface area (TPSA) is 3.24 Å². The van der Waals surface area contributed by atoms with Gasteiger partial charge in [0.05, 0.1) is 0 Å². The van der Waals surface area contributed by atoms with Gasteiger partial charge in [0, 0.05) is 0 Å². The van der Waals surface area contributed by atoms with Gasteiger partial charge in [0.15, 0.2) is 0 Å². The first-order valence-corrected chi connectivity index (χ1v) is 11.3. The fourth-order valence-electron chi connectivity index (χ4n) is 2.49. The third-order valence-electron chi connectivity index (χ3n) is 3.83. The second kappa shape index (κ2) is 8.56. The fourth-order valence-corrected chi connectivity index (χ4v) is 8.70. The molecule has 0 rings (SSSR count). The zero-order chi connectivity index (χ0) is 14.1. The van der Waals surface area contributed by atoms with Crippen LogP contribution in [0.2, 0.25) is 0 Å². The summed E-state index contributed by atoms with van der Waals surface area (Å²) in [7, 11) is 4.29. The summed E-state index contributed by atoms with van der Waals surface area (Å²) >= 11 is 7.33. The molecule has 0 saturated carbocycles. The molecule has 1 nitrogen and oxygen atoms in total. The van der Waals surface area contributed by atoms with Crippen molar-refractivity contribution < 1.29 is 0 Å². The normalized spacial score (nSPS) is 14.4. The van der Waals surface area contributed by atoms with Gasteiger partial charge in [-0.1, -0.05) is 0 Å². The minimum atomic E-state index is -2.07. The molecule has 0 atom stereocenters. The van der Waals surface area contributed by atoms with Crippen molar-refractivity contribution in [2.24, 2.45) is 0 Å². The number of hydrogen-bond donors (Lipinski definition) is 0. The summed E-state index contributed by atoms with van der Waals surface area (Å²) in [6.07, 6.45) is 11.8. The average molecular weight is 294 g/mol. The molecule has 0 fully saturated rings. The number of rotatable bonds is 11. The van der Waals surface area contributed by atoms with Gasteiger partial charge in [0.1, 0.15) is 0 Å². The van der Waals surface area contributed by atoms with Crippen LogP contribution in [-0.2, 0) is 0 Å². The standard InChI is InChI=1S/C15H33ClNP/c1-6-9-13-18(16,12-8-3,14-10-7-2)15-11-17(4)5/h8H,3,6-7,9-15H2,1-2,4-5H3. The molecule has 0 unspecified atom stereocenters. The van der Waals surface area contributed by atoms with Crippen LogP contribution in [0.5, 0.6) is 0 Å². The molecule has 0 aromatic rings. The second-order valence-electron chi connectivity index (χ2n) is 5.97. The van der Waals surface area contributed by atoms with Crippen LogP contribution < -0.4 is 0 Å². The van der Waals surface area contributed by atoms with E-state index in [0.29, 0.717) is 0 Å². The Bertz CT molecular complexity index is 233. The van der Waals surface area contributed by atoms with Gasteiger partial charge in [-0.2, -0.15) is 0 Å². The molecule has 0 saturated heterocycles. The molecule has 0 spiro atoms. The molecule has 0 aliphatic rings. The van der Waals surface area contributed by atoms with Crippen molar-refractivity contribution >= 4 is 17.2 Å². The van der Waals surface area contributed by atoms with E-state index in [2.05, 4.69) is 45.5 Å². The predicted octanol–water partition coefficient (Wildman–Crippen LogP) is 5.04. The van der Waals surface area contributed by atoms with Crippen LogP contribution in [0.4, 0.5) is 0 Å². The second-order valence-corrected chi connectivity index (χ2v) is 14.2. The maximum absolute atomic E-state index is 7.33. The number of nitrogens with zero attached hydrogens (tertiary/aromatic N) is 1. The van der Waals surface area contributed by atoms with Gasteiger partial charge in [0.25, 0.3) is 0 Å². The van der Waals surface area contributed by atoms with Gasteiger partial charge in [-0.15, -0.1) is 0 Å². The Morgan fingerprint density at radius 2 is 1.56 bits per heavy atom. The van der Waals surface area contributed by atoms with Gasteiger partial charge < -0.3 is 0 Å². The Balaban J connectivity index is 4.91. The molecule has 0 N–H and O–H groups in total. The number of halogens is 1. The van der Waals surface area contributed by atoms with E-state index in [1.165, 1.54) is 44.2 Å². The Labute approximate surface area is 120 Å². The molecule has 0 heterocycles. The monoisotopic (exact) mass is 293 g/mol. The molecule has 3 heteroatoms. The number of unbranched alkanes of at least 4 members (excludes halogenated alkanes) is 2. The first-order valence-electron chi connectivity index (χ1n) is 7.38. The molecule has 0 bridgehead atoms. The molecule has 0 aromatic carbocycles. The van der Waals surface area contributed by atoms with Gasteiger partial charge >= 0.3 is 120 Å². The van der Waals surface area contributed by atoms with E-state index in [-0.39, 0.29) is 0 Å². The minimum absolute atomic E-state index is 1.06. The van der Waals surface area contributed by atoms with Crippen molar-refractivity contribution in [1.29, 1.82) is 0 Å². The summed E-state index contributed by atoms with van der Waals surface area (Å²) in [5, 5.41) is 0. The van der Waals surface area contributed by atoms with Crippen molar-refractivity contribution in [2.45, 2.75) is 39.5 Å². The van der Waals surface area contributed by atoms with Crippen LogP contribution in [0.1, 0.15) is 39.5 Å². The van der Waals surface area contributed by atoms with Crippen LogP contribution in [-0.4, -0.2) is 50.2 Å². The van der Waals surface area contributed by atoms with Crippen LogP contribution in [0.15, 0.2) is 12.7 Å². The van der Waals surface area contributed by atoms with Crippen LogP contribution in [0, 0.1) is 0 Å². The van der Waals surface area contributed by atoms with Crippen LogP contribution in [0.3, 0.4) is 0 Å². The van der Waals surface area contributed by atoms with Crippen molar-refractivity contribution in [3.05, 3.63) is 12.7 Å². The predicted molar refractivity (Wildman–Crippen MR) is 90.8 cm³/mol. The zero-order valence-electron chi connectivity index (χ0n) is 12.9. The Morgan fingerprint density at radius 3 is 1.89 bits per heavy atom. The summed E-state index contributed by atoms with van der Waals surface area (Å²) in [6, 6.07) is 0. The van der Waals surface area contributed by atoms with Crippen molar-refractivity contribution in [3.8, 4) is 0 Å². The Kier molecular flexibility index (Phi) is 8.76. The third kappa shape index (κ3) is 6.55. The van der Waals surface area contributed by atoms with Gasteiger partial charge in [-0.3, -0.25) is 0 Å². The first kappa shape index (κ1) is 18.4. The summed E-state index contributed by atoms with van der Waals surface area (Å²) in [5.41, 5.74) is 0. The van der Waals surface area contributed by atoms with Crippen LogP contribution >= 0.6 is 17.2 Å². The van der Waals surface area contributed by atoms with Crippen molar-refractivity contribution in [2.75, 3.05) is 45.3 Å². The molecule has 0 aromatic heterocycles. The molecule has 0 amide bonds. The van der Waals surface area contributed by atoms with E-state index in [1.54, 1.807) is 0 Å². The zero-order valence-corrected chi connectivity index (χ0v) is 14.6. The van der Waals surface area contributed by atoms with Crippen molar-refractivity contribution in [3.63, 3.8) is 0 Å².